The molecule has 3 aromatic rings. The maximum absolute atomic E-state index is 14.3. The molecule has 0 unspecified atom stereocenters. The number of hydrogen-bond donors (Lipinski definition) is 0. The summed E-state index contributed by atoms with van der Waals surface area (Å²) in [6, 6.07) is 4.53. The van der Waals surface area contributed by atoms with E-state index in [0.717, 1.165) is 31.4 Å². The van der Waals surface area contributed by atoms with Gasteiger partial charge in [-0.25, -0.2) is 35.4 Å². The summed E-state index contributed by atoms with van der Waals surface area (Å²) in [6.07, 6.45) is 0.676. The normalized spacial score (nSPS) is 17.6. The van der Waals surface area contributed by atoms with Gasteiger partial charge in [-0.2, -0.15) is 4.31 Å². The van der Waals surface area contributed by atoms with E-state index in [1.165, 1.54) is 16.4 Å². The molecular formula is C25H27F5N4O4S2. The minimum atomic E-state index is -3.81. The number of fused-ring (bicyclic) bond motifs is 1. The predicted octanol–water partition coefficient (Wildman–Crippen LogP) is 3.77. The molecule has 15 heteroatoms. The number of halogens is 5. The number of morpholine rings is 2. The van der Waals surface area contributed by atoms with Crippen molar-refractivity contribution in [1.82, 2.24) is 18.8 Å². The number of imidazole rings is 1. The number of aryl methyl sites for hydroxylation is 1. The molecule has 2 aliphatic heterocycles. The topological polar surface area (TPSA) is 76.9 Å². The quantitative estimate of drug-likeness (QED) is 0.159. The molecule has 0 amide bonds. The SMILES string of the molecule is O=S(=O)(c1ccc2c(c1)nc(SCc1c(F)c(F)c(F)c(F)c1F)n2CCCN1CCOCC1)N1CCOCC1. The van der Waals surface area contributed by atoms with E-state index in [1.54, 1.807) is 10.6 Å². The molecule has 2 aromatic carbocycles. The fourth-order valence-corrected chi connectivity index (χ4v) is 7.17. The highest BCUT2D eigenvalue weighted by Gasteiger charge is 2.28. The minimum absolute atomic E-state index is 0.0381. The summed E-state index contributed by atoms with van der Waals surface area (Å²) in [7, 11) is -3.81. The Balaban J connectivity index is 1.45. The molecule has 0 atom stereocenters. The molecule has 1 aromatic heterocycles. The zero-order valence-corrected chi connectivity index (χ0v) is 23.0. The maximum atomic E-state index is 14.3. The van der Waals surface area contributed by atoms with Crippen LogP contribution in [0, 0.1) is 29.1 Å². The van der Waals surface area contributed by atoms with Gasteiger partial charge in [0.2, 0.25) is 15.8 Å². The summed E-state index contributed by atoms with van der Waals surface area (Å²) in [6.45, 7) is 5.05. The predicted molar refractivity (Wildman–Crippen MR) is 137 cm³/mol. The number of thioether (sulfide) groups is 1. The molecule has 2 aliphatic rings. The molecule has 0 saturated carbocycles. The first-order valence-corrected chi connectivity index (χ1v) is 15.1. The largest absolute Gasteiger partial charge is 0.379 e. The van der Waals surface area contributed by atoms with E-state index in [1.807, 2.05) is 0 Å². The van der Waals surface area contributed by atoms with Gasteiger partial charge in [-0.1, -0.05) is 11.8 Å². The summed E-state index contributed by atoms with van der Waals surface area (Å²) in [5.74, 6) is -10.6. The number of hydrogen-bond acceptors (Lipinski definition) is 7. The third kappa shape index (κ3) is 5.85. The zero-order valence-electron chi connectivity index (χ0n) is 21.3. The highest BCUT2D eigenvalue weighted by Crippen LogP contribution is 2.32. The van der Waals surface area contributed by atoms with Gasteiger partial charge in [-0.15, -0.1) is 0 Å². The molecule has 40 heavy (non-hydrogen) atoms. The van der Waals surface area contributed by atoms with E-state index in [-0.39, 0.29) is 36.4 Å². The van der Waals surface area contributed by atoms with Gasteiger partial charge in [0, 0.05) is 50.6 Å². The van der Waals surface area contributed by atoms with Crippen molar-refractivity contribution in [3.8, 4) is 0 Å². The molecular weight excluding hydrogens is 579 g/mol. The number of aromatic nitrogens is 2. The molecule has 0 spiro atoms. The molecule has 3 heterocycles. The van der Waals surface area contributed by atoms with Crippen LogP contribution in [0.5, 0.6) is 0 Å². The third-order valence-electron chi connectivity index (χ3n) is 6.90. The van der Waals surface area contributed by atoms with Crippen LogP contribution in [-0.2, 0) is 31.8 Å². The molecule has 8 nitrogen and oxygen atoms in total. The van der Waals surface area contributed by atoms with Crippen LogP contribution in [0.2, 0.25) is 0 Å². The number of rotatable bonds is 9. The van der Waals surface area contributed by atoms with E-state index in [4.69, 9.17) is 9.47 Å². The highest BCUT2D eigenvalue weighted by atomic mass is 32.2. The van der Waals surface area contributed by atoms with Crippen LogP contribution >= 0.6 is 11.8 Å². The van der Waals surface area contributed by atoms with Crippen LogP contribution in [0.15, 0.2) is 28.3 Å². The van der Waals surface area contributed by atoms with Crippen molar-refractivity contribution in [2.45, 2.75) is 28.8 Å². The van der Waals surface area contributed by atoms with E-state index in [0.29, 0.717) is 37.2 Å². The molecule has 2 saturated heterocycles. The first kappa shape index (κ1) is 29.2. The first-order valence-electron chi connectivity index (χ1n) is 12.7. The Labute approximate surface area is 232 Å². The number of sulfonamides is 1. The number of benzene rings is 2. The van der Waals surface area contributed by atoms with Crippen LogP contribution < -0.4 is 0 Å². The molecule has 5 rings (SSSR count). The molecule has 2 fully saturated rings. The van der Waals surface area contributed by atoms with Crippen molar-refractivity contribution in [3.63, 3.8) is 0 Å². The highest BCUT2D eigenvalue weighted by molar-refractivity contribution is 7.98. The Bertz CT molecular complexity index is 1460. The maximum Gasteiger partial charge on any atom is 0.243 e. The van der Waals surface area contributed by atoms with Crippen molar-refractivity contribution < 1.29 is 39.8 Å². The summed E-state index contributed by atoms with van der Waals surface area (Å²) in [4.78, 5) is 6.78. The van der Waals surface area contributed by atoms with Gasteiger partial charge in [0.25, 0.3) is 0 Å². The van der Waals surface area contributed by atoms with Crippen LogP contribution in [0.4, 0.5) is 22.0 Å². The smallest absolute Gasteiger partial charge is 0.243 e. The Kier molecular flexibility index (Phi) is 8.97. The second-order valence-corrected chi connectivity index (χ2v) is 12.2. The zero-order chi connectivity index (χ0) is 28.4. The molecule has 0 N–H and O–H groups in total. The van der Waals surface area contributed by atoms with E-state index in [9.17, 15) is 30.4 Å². The Morgan fingerprint density at radius 3 is 2.08 bits per heavy atom. The van der Waals surface area contributed by atoms with Gasteiger partial charge in [-0.05, 0) is 24.6 Å². The van der Waals surface area contributed by atoms with Crippen LogP contribution in [0.1, 0.15) is 12.0 Å². The van der Waals surface area contributed by atoms with Crippen molar-refractivity contribution in [2.24, 2.45) is 0 Å². The lowest BCUT2D eigenvalue weighted by Gasteiger charge is -2.26. The van der Waals surface area contributed by atoms with Crippen molar-refractivity contribution in [3.05, 3.63) is 52.8 Å². The Hall–Kier alpha value is -2.30. The molecule has 0 radical (unpaired) electrons. The van der Waals surface area contributed by atoms with Crippen molar-refractivity contribution in [1.29, 1.82) is 0 Å². The lowest BCUT2D eigenvalue weighted by atomic mass is 10.2. The van der Waals surface area contributed by atoms with Crippen molar-refractivity contribution >= 4 is 32.8 Å². The van der Waals surface area contributed by atoms with E-state index < -0.39 is 50.4 Å². The second kappa shape index (κ2) is 12.3. The van der Waals surface area contributed by atoms with Crippen LogP contribution in [-0.4, -0.2) is 86.3 Å². The van der Waals surface area contributed by atoms with Gasteiger partial charge in [0.1, 0.15) is 0 Å². The molecule has 218 valence electrons. The van der Waals surface area contributed by atoms with Gasteiger partial charge in [-0.3, -0.25) is 4.90 Å². The van der Waals surface area contributed by atoms with E-state index in [2.05, 4.69) is 9.88 Å². The Morgan fingerprint density at radius 1 is 0.825 bits per heavy atom. The minimum Gasteiger partial charge on any atom is -0.379 e. The van der Waals surface area contributed by atoms with Gasteiger partial charge in [0.05, 0.1) is 42.4 Å². The average molecular weight is 607 g/mol. The number of nitrogens with zero attached hydrogens (tertiary/aromatic N) is 4. The van der Waals surface area contributed by atoms with Crippen LogP contribution in [0.3, 0.4) is 0 Å². The summed E-state index contributed by atoms with van der Waals surface area (Å²) in [5, 5.41) is 0.266. The summed E-state index contributed by atoms with van der Waals surface area (Å²) >= 11 is 0.811. The molecule has 0 bridgehead atoms. The van der Waals surface area contributed by atoms with E-state index >= 15 is 0 Å². The fraction of sp³-hybridized carbons (Fsp3) is 0.480. The van der Waals surface area contributed by atoms with Gasteiger partial charge in [0.15, 0.2) is 28.4 Å². The van der Waals surface area contributed by atoms with Gasteiger partial charge >= 0.3 is 0 Å². The summed E-state index contributed by atoms with van der Waals surface area (Å²) < 4.78 is 110. The lowest BCUT2D eigenvalue weighted by Crippen LogP contribution is -2.40. The third-order valence-corrected chi connectivity index (χ3v) is 9.80. The van der Waals surface area contributed by atoms with Crippen LogP contribution in [0.25, 0.3) is 11.0 Å². The summed E-state index contributed by atoms with van der Waals surface area (Å²) in [5.41, 5.74) is -0.0349. The fourth-order valence-electron chi connectivity index (χ4n) is 4.70. The Morgan fingerprint density at radius 2 is 1.43 bits per heavy atom. The lowest BCUT2D eigenvalue weighted by molar-refractivity contribution is 0.0369. The first-order chi connectivity index (χ1) is 19.2. The second-order valence-electron chi connectivity index (χ2n) is 9.36. The van der Waals surface area contributed by atoms with Crippen molar-refractivity contribution in [2.75, 3.05) is 59.2 Å². The average Bonchev–Trinajstić information content (AvgIpc) is 3.32. The standard InChI is InChI=1S/C25H27F5N4O4S2/c26-20-17(21(27)23(29)24(30)22(20)28)15-39-25-31-18-14-16(40(35,36)33-8-12-38-13-9-33)2-3-19(18)34(25)5-1-4-32-6-10-37-11-7-32/h2-3,14H,1,4-13,15H2. The number of ether oxygens (including phenoxy) is 2. The molecule has 0 aliphatic carbocycles. The van der Waals surface area contributed by atoms with Gasteiger partial charge < -0.3 is 14.0 Å². The monoisotopic (exact) mass is 606 g/mol.